The third-order valence-corrected chi connectivity index (χ3v) is 3.83. The molecule has 1 aliphatic carbocycles. The van der Waals surface area contributed by atoms with E-state index in [0.29, 0.717) is 19.6 Å². The summed E-state index contributed by atoms with van der Waals surface area (Å²) in [6.45, 7) is 1.25. The lowest BCUT2D eigenvalue weighted by molar-refractivity contribution is -0.282. The van der Waals surface area contributed by atoms with Crippen LogP contribution in [0.2, 0.25) is 0 Å². The van der Waals surface area contributed by atoms with Crippen molar-refractivity contribution in [3.05, 3.63) is 0 Å². The molecule has 3 fully saturated rings. The number of rotatable bonds is 0. The van der Waals surface area contributed by atoms with E-state index in [9.17, 15) is 4.79 Å². The van der Waals surface area contributed by atoms with Crippen molar-refractivity contribution in [3.8, 4) is 0 Å². The highest BCUT2D eigenvalue weighted by Gasteiger charge is 2.61. The van der Waals surface area contributed by atoms with Gasteiger partial charge < -0.3 is 14.2 Å². The summed E-state index contributed by atoms with van der Waals surface area (Å²) in [6.07, 6.45) is 5.21. The van der Waals surface area contributed by atoms with Crippen LogP contribution in [0.3, 0.4) is 0 Å². The predicted octanol–water partition coefficient (Wildman–Crippen LogP) is 1.38. The summed E-state index contributed by atoms with van der Waals surface area (Å²) >= 11 is 0. The summed E-state index contributed by atoms with van der Waals surface area (Å²) in [5.74, 6) is -0.715. The molecule has 0 aromatic heterocycles. The fourth-order valence-electron chi connectivity index (χ4n) is 3.12. The highest BCUT2D eigenvalue weighted by Crippen LogP contribution is 2.50. The Kier molecular flexibility index (Phi) is 2.04. The monoisotopic (exact) mass is 212 g/mol. The molecule has 0 radical (unpaired) electrons. The van der Waals surface area contributed by atoms with E-state index in [0.717, 1.165) is 32.1 Å². The molecule has 0 bridgehead atoms. The lowest BCUT2D eigenvalue weighted by Gasteiger charge is -2.45. The quantitative estimate of drug-likeness (QED) is 0.569. The summed E-state index contributed by atoms with van der Waals surface area (Å²) in [6, 6.07) is 0. The minimum absolute atomic E-state index is 0.102. The molecular weight excluding hydrogens is 196 g/mol. The van der Waals surface area contributed by atoms with E-state index >= 15 is 0 Å². The maximum Gasteiger partial charge on any atom is 0.306 e. The van der Waals surface area contributed by atoms with Crippen LogP contribution in [-0.2, 0) is 19.0 Å². The molecule has 2 heterocycles. The van der Waals surface area contributed by atoms with E-state index < -0.39 is 11.4 Å². The number of carbonyl (C=O) groups is 1. The van der Waals surface area contributed by atoms with Crippen molar-refractivity contribution in [2.45, 2.75) is 49.9 Å². The van der Waals surface area contributed by atoms with Crippen LogP contribution in [-0.4, -0.2) is 30.6 Å². The molecule has 4 nitrogen and oxygen atoms in total. The van der Waals surface area contributed by atoms with Gasteiger partial charge >= 0.3 is 5.97 Å². The molecule has 3 rings (SSSR count). The summed E-state index contributed by atoms with van der Waals surface area (Å²) in [4.78, 5) is 11.3. The molecule has 0 N–H and O–H groups in total. The molecule has 2 spiro atoms. The average Bonchev–Trinajstić information content (AvgIpc) is 2.81. The van der Waals surface area contributed by atoms with Gasteiger partial charge in [-0.25, -0.2) is 0 Å². The second-order valence-electron chi connectivity index (χ2n) is 4.63. The van der Waals surface area contributed by atoms with Crippen molar-refractivity contribution >= 4 is 5.97 Å². The summed E-state index contributed by atoms with van der Waals surface area (Å²) in [5, 5.41) is 0. The smallest absolute Gasteiger partial charge is 0.306 e. The number of fused-ring (bicyclic) bond motifs is 1. The molecule has 84 valence electrons. The van der Waals surface area contributed by atoms with E-state index in [2.05, 4.69) is 0 Å². The third-order valence-electron chi connectivity index (χ3n) is 3.83. The van der Waals surface area contributed by atoms with Crippen molar-refractivity contribution in [2.75, 3.05) is 13.2 Å². The van der Waals surface area contributed by atoms with Crippen molar-refractivity contribution < 1.29 is 19.0 Å². The molecule has 1 atom stereocenters. The first-order valence-corrected chi connectivity index (χ1v) is 5.76. The first kappa shape index (κ1) is 9.60. The van der Waals surface area contributed by atoms with Gasteiger partial charge in [0.2, 0.25) is 5.79 Å². The number of ether oxygens (including phenoxy) is 3. The van der Waals surface area contributed by atoms with Crippen molar-refractivity contribution in [1.29, 1.82) is 0 Å². The average molecular weight is 212 g/mol. The van der Waals surface area contributed by atoms with Crippen LogP contribution in [0.4, 0.5) is 0 Å². The van der Waals surface area contributed by atoms with Crippen LogP contribution in [0.15, 0.2) is 0 Å². The van der Waals surface area contributed by atoms with Gasteiger partial charge in [-0.3, -0.25) is 4.79 Å². The van der Waals surface area contributed by atoms with Crippen LogP contribution in [0.5, 0.6) is 0 Å². The zero-order valence-electron chi connectivity index (χ0n) is 8.79. The van der Waals surface area contributed by atoms with Gasteiger partial charge in [-0.2, -0.15) is 0 Å². The summed E-state index contributed by atoms with van der Waals surface area (Å²) < 4.78 is 17.1. The zero-order chi connectivity index (χ0) is 10.4. The van der Waals surface area contributed by atoms with Gasteiger partial charge in [-0.15, -0.1) is 0 Å². The van der Waals surface area contributed by atoms with E-state index in [1.165, 1.54) is 0 Å². The maximum atomic E-state index is 11.3. The van der Waals surface area contributed by atoms with Gasteiger partial charge in [0.05, 0.1) is 13.2 Å². The Morgan fingerprint density at radius 2 is 1.73 bits per heavy atom. The molecule has 0 aromatic carbocycles. The summed E-state index contributed by atoms with van der Waals surface area (Å²) in [7, 11) is 0. The Labute approximate surface area is 88.9 Å². The van der Waals surface area contributed by atoms with Crippen LogP contribution in [0.25, 0.3) is 0 Å². The SMILES string of the molecule is O=C1CCC2(CCCCC23OCCO3)O1. The van der Waals surface area contributed by atoms with E-state index in [1.807, 2.05) is 0 Å². The van der Waals surface area contributed by atoms with Crippen LogP contribution >= 0.6 is 0 Å². The normalized spacial score (nSPS) is 38.8. The highest BCUT2D eigenvalue weighted by atomic mass is 16.8. The number of hydrogen-bond donors (Lipinski definition) is 0. The molecule has 1 unspecified atom stereocenters. The number of esters is 1. The van der Waals surface area contributed by atoms with Crippen molar-refractivity contribution in [1.82, 2.24) is 0 Å². The van der Waals surface area contributed by atoms with Crippen LogP contribution < -0.4 is 0 Å². The lowest BCUT2D eigenvalue weighted by atomic mass is 9.77. The Morgan fingerprint density at radius 3 is 2.40 bits per heavy atom. The predicted molar refractivity (Wildman–Crippen MR) is 51.2 cm³/mol. The lowest BCUT2D eigenvalue weighted by Crippen LogP contribution is -2.57. The first-order valence-electron chi connectivity index (χ1n) is 5.76. The number of hydrogen-bond acceptors (Lipinski definition) is 4. The molecule has 2 aliphatic heterocycles. The third kappa shape index (κ3) is 1.24. The minimum atomic E-state index is -0.614. The fourth-order valence-corrected chi connectivity index (χ4v) is 3.12. The first-order chi connectivity index (χ1) is 7.27. The fraction of sp³-hybridized carbons (Fsp3) is 0.909. The highest BCUT2D eigenvalue weighted by molar-refractivity contribution is 5.72. The molecule has 0 aromatic rings. The van der Waals surface area contributed by atoms with Gasteiger partial charge in [0, 0.05) is 19.3 Å². The second kappa shape index (κ2) is 3.19. The van der Waals surface area contributed by atoms with E-state index in [1.54, 1.807) is 0 Å². The van der Waals surface area contributed by atoms with Crippen LogP contribution in [0, 0.1) is 0 Å². The van der Waals surface area contributed by atoms with Crippen LogP contribution in [0.1, 0.15) is 38.5 Å². The van der Waals surface area contributed by atoms with Crippen molar-refractivity contribution in [3.63, 3.8) is 0 Å². The molecule has 0 amide bonds. The summed E-state index contributed by atoms with van der Waals surface area (Å²) in [5.41, 5.74) is -0.473. The molecule has 1 saturated carbocycles. The zero-order valence-corrected chi connectivity index (χ0v) is 8.79. The molecular formula is C11H16O4. The van der Waals surface area contributed by atoms with E-state index in [-0.39, 0.29) is 5.97 Å². The number of carbonyl (C=O) groups excluding carboxylic acids is 1. The van der Waals surface area contributed by atoms with Gasteiger partial charge in [0.1, 0.15) is 0 Å². The van der Waals surface area contributed by atoms with Gasteiger partial charge in [-0.1, -0.05) is 0 Å². The Hall–Kier alpha value is -0.610. The standard InChI is InChI=1S/C11H16O4/c12-9-3-6-10(15-9)4-1-2-5-11(10)13-7-8-14-11/h1-8H2. The minimum Gasteiger partial charge on any atom is -0.453 e. The largest absolute Gasteiger partial charge is 0.453 e. The Bertz CT molecular complexity index is 282. The topological polar surface area (TPSA) is 44.8 Å². The van der Waals surface area contributed by atoms with Gasteiger partial charge in [-0.05, 0) is 19.3 Å². The Morgan fingerprint density at radius 1 is 1.00 bits per heavy atom. The molecule has 15 heavy (non-hydrogen) atoms. The van der Waals surface area contributed by atoms with Gasteiger partial charge in [0.25, 0.3) is 0 Å². The van der Waals surface area contributed by atoms with Gasteiger partial charge in [0.15, 0.2) is 5.60 Å². The van der Waals surface area contributed by atoms with Crippen molar-refractivity contribution in [2.24, 2.45) is 0 Å². The molecule has 3 aliphatic rings. The molecule has 2 saturated heterocycles. The Balaban J connectivity index is 1.93. The molecule has 4 heteroatoms. The van der Waals surface area contributed by atoms with E-state index in [4.69, 9.17) is 14.2 Å². The maximum absolute atomic E-state index is 11.3. The second-order valence-corrected chi connectivity index (χ2v) is 4.63.